The first-order chi connectivity index (χ1) is 10.2. The summed E-state index contributed by atoms with van der Waals surface area (Å²) in [6.07, 6.45) is 5.11. The number of hydrogen-bond donors (Lipinski definition) is 1. The third-order valence-corrected chi connectivity index (χ3v) is 4.57. The summed E-state index contributed by atoms with van der Waals surface area (Å²) in [5, 5.41) is 3.23. The summed E-state index contributed by atoms with van der Waals surface area (Å²) in [4.78, 5) is 18.4. The standard InChI is InChI=1S/C15H26N6/c1-4-16-13-17-14(20(3)11(2)12-7-8-12)19-15(18-13)21-9-5-6-10-21/h11-12H,4-10H2,1-3H3,(H,16,17,18,19). The molecular formula is C15H26N6. The molecule has 1 unspecified atom stereocenters. The Kier molecular flexibility index (Phi) is 4.12. The molecule has 3 rings (SSSR count). The highest BCUT2D eigenvalue weighted by Crippen LogP contribution is 2.35. The molecular weight excluding hydrogens is 264 g/mol. The second-order valence-electron chi connectivity index (χ2n) is 6.17. The highest BCUT2D eigenvalue weighted by Gasteiger charge is 2.32. The van der Waals surface area contributed by atoms with Gasteiger partial charge in [-0.15, -0.1) is 0 Å². The minimum absolute atomic E-state index is 0.494. The Morgan fingerprint density at radius 3 is 2.57 bits per heavy atom. The molecule has 6 nitrogen and oxygen atoms in total. The minimum Gasteiger partial charge on any atom is -0.354 e. The third kappa shape index (κ3) is 3.19. The van der Waals surface area contributed by atoms with Crippen LogP contribution in [0, 0.1) is 5.92 Å². The Bertz CT molecular complexity index is 481. The predicted octanol–water partition coefficient (Wildman–Crippen LogP) is 2.14. The fourth-order valence-corrected chi connectivity index (χ4v) is 2.88. The predicted molar refractivity (Wildman–Crippen MR) is 86.0 cm³/mol. The van der Waals surface area contributed by atoms with Crippen molar-refractivity contribution in [2.75, 3.05) is 41.8 Å². The van der Waals surface area contributed by atoms with Gasteiger partial charge in [0, 0.05) is 32.7 Å². The van der Waals surface area contributed by atoms with E-state index in [1.54, 1.807) is 0 Å². The number of anilines is 3. The highest BCUT2D eigenvalue weighted by molar-refractivity contribution is 5.46. The monoisotopic (exact) mass is 290 g/mol. The maximum absolute atomic E-state index is 4.72. The lowest BCUT2D eigenvalue weighted by Gasteiger charge is -2.26. The average Bonchev–Trinajstić information content (AvgIpc) is 3.20. The van der Waals surface area contributed by atoms with Gasteiger partial charge in [-0.25, -0.2) is 0 Å². The van der Waals surface area contributed by atoms with Gasteiger partial charge >= 0.3 is 0 Å². The van der Waals surface area contributed by atoms with E-state index in [2.05, 4.69) is 46.0 Å². The van der Waals surface area contributed by atoms with Crippen molar-refractivity contribution in [1.29, 1.82) is 0 Å². The normalized spacial score (nSPS) is 19.7. The third-order valence-electron chi connectivity index (χ3n) is 4.57. The van der Waals surface area contributed by atoms with Crippen LogP contribution >= 0.6 is 0 Å². The van der Waals surface area contributed by atoms with Gasteiger partial charge in [0.1, 0.15) is 0 Å². The largest absolute Gasteiger partial charge is 0.354 e. The number of rotatable bonds is 6. The highest BCUT2D eigenvalue weighted by atomic mass is 15.4. The van der Waals surface area contributed by atoms with Gasteiger partial charge in [0.05, 0.1) is 0 Å². The number of nitrogens with zero attached hydrogens (tertiary/aromatic N) is 5. The molecule has 21 heavy (non-hydrogen) atoms. The second kappa shape index (κ2) is 6.03. The van der Waals surface area contributed by atoms with Crippen LogP contribution in [0.15, 0.2) is 0 Å². The molecule has 1 aliphatic carbocycles. The molecule has 0 aromatic carbocycles. The van der Waals surface area contributed by atoms with Crippen LogP contribution in [0.5, 0.6) is 0 Å². The van der Waals surface area contributed by atoms with Gasteiger partial charge in [-0.05, 0) is 45.4 Å². The lowest BCUT2D eigenvalue weighted by molar-refractivity contribution is 0.596. The smallest absolute Gasteiger partial charge is 0.231 e. The fraction of sp³-hybridized carbons (Fsp3) is 0.800. The van der Waals surface area contributed by atoms with Gasteiger partial charge in [-0.1, -0.05) is 0 Å². The topological polar surface area (TPSA) is 57.2 Å². The zero-order valence-corrected chi connectivity index (χ0v) is 13.3. The van der Waals surface area contributed by atoms with Gasteiger partial charge in [-0.2, -0.15) is 15.0 Å². The van der Waals surface area contributed by atoms with E-state index in [1.165, 1.54) is 25.7 Å². The van der Waals surface area contributed by atoms with Gasteiger partial charge in [0.2, 0.25) is 17.8 Å². The van der Waals surface area contributed by atoms with Gasteiger partial charge in [0.15, 0.2) is 0 Å². The molecule has 1 saturated carbocycles. The molecule has 0 amide bonds. The van der Waals surface area contributed by atoms with Crippen LogP contribution in [0.4, 0.5) is 17.8 Å². The molecule has 2 heterocycles. The van der Waals surface area contributed by atoms with E-state index in [-0.39, 0.29) is 0 Å². The maximum atomic E-state index is 4.72. The minimum atomic E-state index is 0.494. The van der Waals surface area contributed by atoms with E-state index in [0.29, 0.717) is 12.0 Å². The second-order valence-corrected chi connectivity index (χ2v) is 6.17. The van der Waals surface area contributed by atoms with E-state index >= 15 is 0 Å². The Labute approximate surface area is 127 Å². The Hall–Kier alpha value is -1.59. The van der Waals surface area contributed by atoms with E-state index in [9.17, 15) is 0 Å². The van der Waals surface area contributed by atoms with E-state index < -0.39 is 0 Å². The lowest BCUT2D eigenvalue weighted by Crippen LogP contribution is -2.33. The molecule has 0 radical (unpaired) electrons. The van der Waals surface area contributed by atoms with Crippen molar-refractivity contribution in [2.24, 2.45) is 5.92 Å². The molecule has 2 fully saturated rings. The van der Waals surface area contributed by atoms with Crippen molar-refractivity contribution in [2.45, 2.75) is 45.6 Å². The summed E-state index contributed by atoms with van der Waals surface area (Å²) in [6, 6.07) is 0.494. The Morgan fingerprint density at radius 2 is 1.95 bits per heavy atom. The molecule has 0 bridgehead atoms. The SMILES string of the molecule is CCNc1nc(N2CCCC2)nc(N(C)C(C)C2CC2)n1. The van der Waals surface area contributed by atoms with Gasteiger partial charge in [0.25, 0.3) is 0 Å². The molecule has 1 aliphatic heterocycles. The summed E-state index contributed by atoms with van der Waals surface area (Å²) in [5.41, 5.74) is 0. The van der Waals surface area contributed by atoms with Crippen LogP contribution in [-0.4, -0.2) is 47.7 Å². The van der Waals surface area contributed by atoms with Crippen molar-refractivity contribution < 1.29 is 0 Å². The molecule has 0 spiro atoms. The van der Waals surface area contributed by atoms with E-state index in [1.807, 2.05) is 0 Å². The van der Waals surface area contributed by atoms with Crippen LogP contribution in [0.1, 0.15) is 39.5 Å². The summed E-state index contributed by atoms with van der Waals surface area (Å²) >= 11 is 0. The van der Waals surface area contributed by atoms with Gasteiger partial charge < -0.3 is 15.1 Å². The lowest BCUT2D eigenvalue weighted by atomic mass is 10.2. The molecule has 2 aliphatic rings. The first kappa shape index (κ1) is 14.4. The van der Waals surface area contributed by atoms with Crippen molar-refractivity contribution in [3.05, 3.63) is 0 Å². The zero-order chi connectivity index (χ0) is 14.8. The molecule has 1 atom stereocenters. The van der Waals surface area contributed by atoms with E-state index in [4.69, 9.17) is 4.98 Å². The number of nitrogens with one attached hydrogen (secondary N) is 1. The summed E-state index contributed by atoms with van der Waals surface area (Å²) in [7, 11) is 2.10. The Morgan fingerprint density at radius 1 is 1.24 bits per heavy atom. The summed E-state index contributed by atoms with van der Waals surface area (Å²) in [6.45, 7) is 7.26. The summed E-state index contributed by atoms with van der Waals surface area (Å²) in [5.74, 6) is 3.11. The first-order valence-corrected chi connectivity index (χ1v) is 8.16. The average molecular weight is 290 g/mol. The molecule has 1 N–H and O–H groups in total. The van der Waals surface area contributed by atoms with Crippen molar-refractivity contribution in [1.82, 2.24) is 15.0 Å². The quantitative estimate of drug-likeness (QED) is 0.866. The van der Waals surface area contributed by atoms with Crippen molar-refractivity contribution in [3.8, 4) is 0 Å². The number of hydrogen-bond acceptors (Lipinski definition) is 6. The fourth-order valence-electron chi connectivity index (χ4n) is 2.88. The van der Waals surface area contributed by atoms with Gasteiger partial charge in [-0.3, -0.25) is 0 Å². The molecule has 6 heteroatoms. The van der Waals surface area contributed by atoms with Crippen LogP contribution in [0.25, 0.3) is 0 Å². The van der Waals surface area contributed by atoms with Crippen LogP contribution in [0.2, 0.25) is 0 Å². The first-order valence-electron chi connectivity index (χ1n) is 8.16. The Balaban J connectivity index is 1.86. The summed E-state index contributed by atoms with van der Waals surface area (Å²) < 4.78 is 0. The van der Waals surface area contributed by atoms with E-state index in [0.717, 1.165) is 37.4 Å². The molecule has 116 valence electrons. The van der Waals surface area contributed by atoms with Crippen LogP contribution in [0.3, 0.4) is 0 Å². The van der Waals surface area contributed by atoms with Crippen molar-refractivity contribution >= 4 is 17.8 Å². The number of aromatic nitrogens is 3. The zero-order valence-electron chi connectivity index (χ0n) is 13.3. The maximum Gasteiger partial charge on any atom is 0.231 e. The van der Waals surface area contributed by atoms with Crippen molar-refractivity contribution in [3.63, 3.8) is 0 Å². The van der Waals surface area contributed by atoms with Crippen LogP contribution < -0.4 is 15.1 Å². The molecule has 1 aromatic rings. The van der Waals surface area contributed by atoms with Crippen LogP contribution in [-0.2, 0) is 0 Å². The molecule has 1 saturated heterocycles. The molecule has 1 aromatic heterocycles.